The maximum absolute atomic E-state index is 8.63. The van der Waals surface area contributed by atoms with Crippen molar-refractivity contribution < 1.29 is 21.1 Å². The number of hydrogen-bond acceptors (Lipinski definition) is 6. The van der Waals surface area contributed by atoms with Crippen molar-refractivity contribution in [3.63, 3.8) is 0 Å². The molecule has 6 nitrogen and oxygen atoms in total. The average molecular weight is 308 g/mol. The molecule has 0 amide bonds. The van der Waals surface area contributed by atoms with Crippen LogP contribution in [0.15, 0.2) is 0 Å². The van der Waals surface area contributed by atoms with Gasteiger partial charge in [-0.25, -0.2) is 0 Å². The van der Waals surface area contributed by atoms with Crippen LogP contribution in [0.25, 0.3) is 0 Å². The molecular formula is HBGeO6Te. The molecule has 0 fully saturated rings. The summed E-state index contributed by atoms with van der Waals surface area (Å²) in [4.78, 5) is 0. The summed E-state index contributed by atoms with van der Waals surface area (Å²) in [6, 6.07) is 0. The van der Waals surface area contributed by atoms with Crippen LogP contribution in [0.3, 0.4) is 0 Å². The molecule has 0 unspecified atom stereocenters. The summed E-state index contributed by atoms with van der Waals surface area (Å²) < 4.78 is 51.6. The third kappa shape index (κ3) is 1350. The van der Waals surface area contributed by atoms with Gasteiger partial charge < -0.3 is 0 Å². The number of rotatable bonds is 0. The molecule has 0 aliphatic carbocycles. The van der Waals surface area contributed by atoms with Crippen LogP contribution in [0.1, 0.15) is 0 Å². The summed E-state index contributed by atoms with van der Waals surface area (Å²) in [6.07, 6.45) is 0. The molecule has 0 aliphatic heterocycles. The van der Waals surface area contributed by atoms with Gasteiger partial charge in [0.15, 0.2) is 0 Å². The van der Waals surface area contributed by atoms with Gasteiger partial charge in [-0.1, -0.05) is 0 Å². The Morgan fingerprint density at radius 2 is 1.22 bits per heavy atom. The molecule has 0 rings (SSSR count). The molecule has 0 saturated heterocycles. The third-order valence-corrected chi connectivity index (χ3v) is 0. The van der Waals surface area contributed by atoms with Gasteiger partial charge in [-0.05, 0) is 0 Å². The van der Waals surface area contributed by atoms with Gasteiger partial charge in [0.1, 0.15) is 0 Å². The van der Waals surface area contributed by atoms with Crippen molar-refractivity contribution in [2.24, 2.45) is 0 Å². The van der Waals surface area contributed by atoms with Gasteiger partial charge in [-0.15, -0.1) is 0 Å². The molecule has 0 aromatic heterocycles. The van der Waals surface area contributed by atoms with Gasteiger partial charge >= 0.3 is 64.2 Å². The van der Waals surface area contributed by atoms with Crippen LogP contribution in [-0.2, 0) is 9.99 Å². The first-order valence-electron chi connectivity index (χ1n) is 1.14. The zero-order valence-electron chi connectivity index (χ0n) is 4.01. The molecule has 9 heteroatoms. The van der Waals surface area contributed by atoms with Crippen LogP contribution in [0.4, 0.5) is 0 Å². The van der Waals surface area contributed by atoms with Gasteiger partial charge in [0.2, 0.25) is 0 Å². The van der Waals surface area contributed by atoms with Gasteiger partial charge in [-0.2, -0.15) is 0 Å². The quantitative estimate of drug-likeness (QED) is 0.412. The topological polar surface area (TPSA) is 120 Å². The predicted octanol–water partition coefficient (Wildman–Crippen LogP) is -5.33. The van der Waals surface area contributed by atoms with E-state index in [-0.39, 0.29) is 8.41 Å². The van der Waals surface area contributed by atoms with E-state index >= 15 is 0 Å². The van der Waals surface area contributed by atoms with Crippen molar-refractivity contribution >= 4 is 43.1 Å². The summed E-state index contributed by atoms with van der Waals surface area (Å²) in [5.74, 6) is 0. The van der Waals surface area contributed by atoms with Crippen molar-refractivity contribution in [2.45, 2.75) is 0 Å². The van der Waals surface area contributed by atoms with Crippen molar-refractivity contribution in [3.8, 4) is 0 Å². The minimum atomic E-state index is -6.02. The van der Waals surface area contributed by atoms with E-state index < -0.39 is 34.7 Å². The molecule has 0 aromatic carbocycles. The van der Waals surface area contributed by atoms with E-state index in [1.165, 1.54) is 0 Å². The molecule has 0 radical (unpaired) electrons. The number of hydrogen-bond donors (Lipinski definition) is 0. The first-order chi connectivity index (χ1) is 3.41. The van der Waals surface area contributed by atoms with E-state index in [2.05, 4.69) is 0 Å². The van der Waals surface area contributed by atoms with Crippen LogP contribution in [0.5, 0.6) is 0 Å². The van der Waals surface area contributed by atoms with Crippen molar-refractivity contribution in [1.29, 1.82) is 0 Å². The van der Waals surface area contributed by atoms with Crippen molar-refractivity contribution in [3.05, 3.63) is 0 Å². The Balaban J connectivity index is -0.0000000800. The Hall–Kier alpha value is 0.517. The fourth-order valence-corrected chi connectivity index (χ4v) is 0. The second kappa shape index (κ2) is 8.52. The molecule has 0 N–H and O–H groups in total. The molecule has 0 aromatic rings. The normalized spacial score (nSPS) is 7.78. The molecule has 9 heavy (non-hydrogen) atoms. The van der Waals surface area contributed by atoms with E-state index in [9.17, 15) is 0 Å². The van der Waals surface area contributed by atoms with Gasteiger partial charge in [0.05, 0.1) is 0 Å². The van der Waals surface area contributed by atoms with E-state index in [4.69, 9.17) is 21.1 Å². The Morgan fingerprint density at radius 3 is 1.22 bits per heavy atom. The van der Waals surface area contributed by atoms with Crippen LogP contribution in [0.2, 0.25) is 0 Å². The van der Waals surface area contributed by atoms with E-state index in [1.54, 1.807) is 0 Å². The third-order valence-electron chi connectivity index (χ3n) is 0. The summed E-state index contributed by atoms with van der Waals surface area (Å²) in [7, 11) is 0. The minimum absolute atomic E-state index is 0. The van der Waals surface area contributed by atoms with Crippen LogP contribution in [-0.4, -0.2) is 43.1 Å². The van der Waals surface area contributed by atoms with Crippen LogP contribution < -0.4 is 11.1 Å². The summed E-state index contributed by atoms with van der Waals surface area (Å²) >= 11 is -8.21. The van der Waals surface area contributed by atoms with Gasteiger partial charge in [-0.3, -0.25) is 0 Å². The molecule has 0 heterocycles. The second-order valence-electron chi connectivity index (χ2n) is 0.504. The molecule has 0 aliphatic rings. The second-order valence-corrected chi connectivity index (χ2v) is 3.24. The fraction of sp³-hybridized carbons (Fsp3) is 0. The zero-order chi connectivity index (χ0) is 7.21. The standard InChI is InChI=1S/B.GeHO2.H2O4Te/c;2-1-3;1-5(2,3)4/h;1H;(H2,1,2,3,4)/q+3;-1;/p-2. The Kier molecular flexibility index (Phi) is 15.4. The monoisotopic (exact) mass is 312 g/mol. The van der Waals surface area contributed by atoms with Gasteiger partial charge in [0, 0.05) is 0 Å². The summed E-state index contributed by atoms with van der Waals surface area (Å²) in [5.41, 5.74) is 0. The molecule has 0 saturated carbocycles. The first kappa shape index (κ1) is 16.3. The fourth-order valence-electron chi connectivity index (χ4n) is 0. The van der Waals surface area contributed by atoms with Crippen molar-refractivity contribution in [1.82, 2.24) is 0 Å². The molecular weight excluding hydrogens is 307 g/mol. The Morgan fingerprint density at radius 1 is 1.22 bits per heavy atom. The molecule has 0 spiro atoms. The van der Waals surface area contributed by atoms with Crippen molar-refractivity contribution in [2.75, 3.05) is 0 Å². The average Bonchev–Trinajstić information content (AvgIpc) is 1.27. The maximum atomic E-state index is 8.63. The Bertz CT molecular complexity index is 127. The summed E-state index contributed by atoms with van der Waals surface area (Å²) in [6.45, 7) is 0. The molecule has 0 atom stereocenters. The van der Waals surface area contributed by atoms with E-state index in [1.807, 2.05) is 0 Å². The first-order valence-corrected chi connectivity index (χ1v) is 6.92. The molecule has 0 bridgehead atoms. The Labute approximate surface area is 64.1 Å². The molecule has 50 valence electrons. The van der Waals surface area contributed by atoms with Gasteiger partial charge in [0.25, 0.3) is 0 Å². The summed E-state index contributed by atoms with van der Waals surface area (Å²) in [5, 5.41) is 0. The van der Waals surface area contributed by atoms with Crippen LogP contribution >= 0.6 is 0 Å². The SMILES string of the molecule is O=[Te](=O)([O-])[O-].[B+3].[O]=[GeH][O-]. The van der Waals surface area contributed by atoms with Crippen LogP contribution in [0, 0.1) is 0 Å². The predicted molar refractivity (Wildman–Crippen MR) is 20.7 cm³/mol. The van der Waals surface area contributed by atoms with E-state index in [0.29, 0.717) is 0 Å². The zero-order valence-corrected chi connectivity index (χ0v) is 8.77. The van der Waals surface area contributed by atoms with E-state index in [0.717, 1.165) is 0 Å².